The second-order valence-corrected chi connectivity index (χ2v) is 6.40. The van der Waals surface area contributed by atoms with Gasteiger partial charge in [0.2, 0.25) is 5.91 Å². The first-order valence-electron chi connectivity index (χ1n) is 8.88. The maximum Gasteiger partial charge on any atom is 0.240 e. The van der Waals surface area contributed by atoms with Gasteiger partial charge in [0.25, 0.3) is 0 Å². The molecule has 0 spiro atoms. The molecular formula is C18H28N6O2. The minimum absolute atomic E-state index is 0.0898. The van der Waals surface area contributed by atoms with Gasteiger partial charge in [0, 0.05) is 20.1 Å². The van der Waals surface area contributed by atoms with Gasteiger partial charge < -0.3 is 15.8 Å². The Morgan fingerprint density at radius 1 is 1.35 bits per heavy atom. The average molecular weight is 360 g/mol. The van der Waals surface area contributed by atoms with Crippen molar-refractivity contribution in [3.8, 4) is 0 Å². The third-order valence-electron chi connectivity index (χ3n) is 4.64. The van der Waals surface area contributed by atoms with Gasteiger partial charge in [-0.15, -0.1) is 0 Å². The normalized spacial score (nSPS) is 16.4. The van der Waals surface area contributed by atoms with Crippen LogP contribution in [0.3, 0.4) is 0 Å². The van der Waals surface area contributed by atoms with E-state index in [2.05, 4.69) is 15.6 Å². The molecule has 0 aliphatic carbocycles. The van der Waals surface area contributed by atoms with Crippen molar-refractivity contribution in [3.05, 3.63) is 35.9 Å². The molecule has 1 aromatic carbocycles. The van der Waals surface area contributed by atoms with E-state index in [0.717, 1.165) is 31.4 Å². The first kappa shape index (κ1) is 20.0. The lowest BCUT2D eigenvalue weighted by Crippen LogP contribution is -2.53. The minimum atomic E-state index is -0.419. The highest BCUT2D eigenvalue weighted by molar-refractivity contribution is 5.96. The monoisotopic (exact) mass is 360 g/mol. The third kappa shape index (κ3) is 5.62. The zero-order valence-corrected chi connectivity index (χ0v) is 15.1. The largest absolute Gasteiger partial charge is 0.349 e. The number of amides is 1. The van der Waals surface area contributed by atoms with Crippen molar-refractivity contribution in [2.24, 2.45) is 5.73 Å². The molecule has 142 valence electrons. The standard InChI is InChI=1S/C18H28N6O2/c1-23(24-10-5-11-24)15(13-25)8-9-16(14-6-3-2-4-7-14)21-18(20)22-17(26)12-19/h2-4,6-7,13,15-16H,5,8-12,19H2,1H3,(H3,20,21,22,26)/t15-,16?/m0/s1. The van der Waals surface area contributed by atoms with Crippen molar-refractivity contribution in [3.63, 3.8) is 0 Å². The Bertz CT molecular complexity index is 605. The van der Waals surface area contributed by atoms with E-state index < -0.39 is 5.91 Å². The number of hydrogen-bond acceptors (Lipinski definition) is 6. The first-order valence-corrected chi connectivity index (χ1v) is 8.88. The van der Waals surface area contributed by atoms with E-state index >= 15 is 0 Å². The van der Waals surface area contributed by atoms with Crippen molar-refractivity contribution < 1.29 is 9.59 Å². The van der Waals surface area contributed by atoms with Crippen LogP contribution in [0, 0.1) is 5.41 Å². The SMILES string of the molecule is CN([C@H](C=O)CCC(NC(=N)NC(=O)CN)c1ccccc1)N1CCC1. The molecule has 1 heterocycles. The van der Waals surface area contributed by atoms with Gasteiger partial charge in [-0.3, -0.25) is 15.5 Å². The molecule has 1 aliphatic heterocycles. The van der Waals surface area contributed by atoms with Gasteiger partial charge in [0.05, 0.1) is 18.6 Å². The molecule has 2 atom stereocenters. The van der Waals surface area contributed by atoms with E-state index in [-0.39, 0.29) is 24.6 Å². The Morgan fingerprint density at radius 3 is 2.58 bits per heavy atom. The minimum Gasteiger partial charge on any atom is -0.349 e. The fraction of sp³-hybridized carbons (Fsp3) is 0.500. The van der Waals surface area contributed by atoms with Gasteiger partial charge in [0.1, 0.15) is 6.29 Å². The molecule has 8 heteroatoms. The summed E-state index contributed by atoms with van der Waals surface area (Å²) < 4.78 is 0. The van der Waals surface area contributed by atoms with Crippen LogP contribution in [0.15, 0.2) is 30.3 Å². The number of rotatable bonds is 9. The molecule has 1 unspecified atom stereocenters. The molecule has 1 fully saturated rings. The highest BCUT2D eigenvalue weighted by atomic mass is 16.2. The zero-order valence-electron chi connectivity index (χ0n) is 15.1. The number of nitrogens with zero attached hydrogens (tertiary/aromatic N) is 2. The summed E-state index contributed by atoms with van der Waals surface area (Å²) in [7, 11) is 1.94. The quantitative estimate of drug-likeness (QED) is 0.285. The van der Waals surface area contributed by atoms with Crippen LogP contribution in [0.4, 0.5) is 0 Å². The lowest BCUT2D eigenvalue weighted by atomic mass is 9.99. The second kappa shape index (κ2) is 10.0. The number of hydrogen-bond donors (Lipinski definition) is 4. The highest BCUT2D eigenvalue weighted by Gasteiger charge is 2.26. The lowest BCUT2D eigenvalue weighted by molar-refractivity contribution is -0.127. The Hall–Kier alpha value is -2.29. The molecule has 0 bridgehead atoms. The summed E-state index contributed by atoms with van der Waals surface area (Å²) >= 11 is 0. The molecule has 1 saturated heterocycles. The molecule has 1 amide bonds. The number of likely N-dealkylation sites (N-methyl/N-ethyl adjacent to an activating group) is 1. The van der Waals surface area contributed by atoms with Gasteiger partial charge in [-0.2, -0.15) is 0 Å². The van der Waals surface area contributed by atoms with Crippen molar-refractivity contribution in [2.45, 2.75) is 31.3 Å². The molecule has 0 radical (unpaired) electrons. The van der Waals surface area contributed by atoms with E-state index in [1.54, 1.807) is 0 Å². The van der Waals surface area contributed by atoms with Crippen molar-refractivity contribution >= 4 is 18.2 Å². The summed E-state index contributed by atoms with van der Waals surface area (Å²) in [6, 6.07) is 9.30. The highest BCUT2D eigenvalue weighted by Crippen LogP contribution is 2.21. The van der Waals surface area contributed by atoms with Crippen LogP contribution in [0.2, 0.25) is 0 Å². The van der Waals surface area contributed by atoms with Crippen LogP contribution in [0.25, 0.3) is 0 Å². The Balaban J connectivity index is 2.00. The van der Waals surface area contributed by atoms with Crippen LogP contribution < -0.4 is 16.4 Å². The van der Waals surface area contributed by atoms with Crippen molar-refractivity contribution in [1.82, 2.24) is 20.7 Å². The summed E-state index contributed by atoms with van der Waals surface area (Å²) in [6.45, 7) is 1.79. The second-order valence-electron chi connectivity index (χ2n) is 6.40. The van der Waals surface area contributed by atoms with Crippen LogP contribution in [0.5, 0.6) is 0 Å². The van der Waals surface area contributed by atoms with Gasteiger partial charge >= 0.3 is 0 Å². The topological polar surface area (TPSA) is 115 Å². The van der Waals surface area contributed by atoms with Gasteiger partial charge in [-0.05, 0) is 24.8 Å². The Morgan fingerprint density at radius 2 is 2.04 bits per heavy atom. The van der Waals surface area contributed by atoms with Crippen LogP contribution in [-0.4, -0.2) is 60.9 Å². The molecule has 1 aliphatic rings. The van der Waals surface area contributed by atoms with Crippen molar-refractivity contribution in [2.75, 3.05) is 26.7 Å². The number of nitrogens with two attached hydrogens (primary N) is 1. The fourth-order valence-electron chi connectivity index (χ4n) is 2.91. The summed E-state index contributed by atoms with van der Waals surface area (Å²) in [4.78, 5) is 22.9. The Labute approximate surface area is 154 Å². The maximum atomic E-state index is 11.5. The predicted molar refractivity (Wildman–Crippen MR) is 100 cm³/mol. The van der Waals surface area contributed by atoms with E-state index in [9.17, 15) is 9.59 Å². The molecule has 26 heavy (non-hydrogen) atoms. The Kier molecular flexibility index (Phi) is 7.71. The van der Waals surface area contributed by atoms with E-state index in [1.807, 2.05) is 42.4 Å². The average Bonchev–Trinajstić information content (AvgIpc) is 2.60. The van der Waals surface area contributed by atoms with E-state index in [0.29, 0.717) is 12.8 Å². The molecule has 0 aromatic heterocycles. The number of carbonyl (C=O) groups is 2. The maximum absolute atomic E-state index is 11.5. The smallest absolute Gasteiger partial charge is 0.240 e. The molecular weight excluding hydrogens is 332 g/mol. The zero-order chi connectivity index (χ0) is 18.9. The van der Waals surface area contributed by atoms with Crippen molar-refractivity contribution in [1.29, 1.82) is 5.41 Å². The first-order chi connectivity index (χ1) is 12.5. The number of hydrazine groups is 1. The van der Waals surface area contributed by atoms with E-state index in [4.69, 9.17) is 11.1 Å². The van der Waals surface area contributed by atoms with Crippen LogP contribution in [0.1, 0.15) is 30.9 Å². The molecule has 2 rings (SSSR count). The third-order valence-corrected chi connectivity index (χ3v) is 4.64. The van der Waals surface area contributed by atoms with E-state index in [1.165, 1.54) is 0 Å². The summed E-state index contributed by atoms with van der Waals surface area (Å²) in [5, 5.41) is 17.5. The van der Waals surface area contributed by atoms with Gasteiger partial charge in [0.15, 0.2) is 5.96 Å². The number of aldehydes is 1. The molecule has 5 N–H and O–H groups in total. The summed E-state index contributed by atoms with van der Waals surface area (Å²) in [5.41, 5.74) is 6.27. The number of guanidine groups is 1. The van der Waals surface area contributed by atoms with Crippen LogP contribution in [-0.2, 0) is 9.59 Å². The van der Waals surface area contributed by atoms with Gasteiger partial charge in [-0.1, -0.05) is 30.3 Å². The predicted octanol–water partition coefficient (Wildman–Crippen LogP) is 0.227. The number of nitrogens with one attached hydrogen (secondary N) is 3. The lowest BCUT2D eigenvalue weighted by Gasteiger charge is -2.41. The molecule has 8 nitrogen and oxygen atoms in total. The molecule has 1 aromatic rings. The fourth-order valence-corrected chi connectivity index (χ4v) is 2.91. The molecule has 0 saturated carbocycles. The van der Waals surface area contributed by atoms with Crippen LogP contribution >= 0.6 is 0 Å². The van der Waals surface area contributed by atoms with Gasteiger partial charge in [-0.25, -0.2) is 10.0 Å². The number of benzene rings is 1. The summed E-state index contributed by atoms with van der Waals surface area (Å²) in [5.74, 6) is -0.509. The number of carbonyl (C=O) groups excluding carboxylic acids is 2. The summed E-state index contributed by atoms with van der Waals surface area (Å²) in [6.07, 6.45) is 3.41.